The molecule has 3 aliphatic carbocycles. The lowest BCUT2D eigenvalue weighted by molar-refractivity contribution is -0.157. The maximum absolute atomic E-state index is 12.3. The summed E-state index contributed by atoms with van der Waals surface area (Å²) in [4.78, 5) is 14.4. The zero-order valence-corrected chi connectivity index (χ0v) is 18.4. The Morgan fingerprint density at radius 3 is 2.41 bits per heavy atom. The summed E-state index contributed by atoms with van der Waals surface area (Å²) in [5, 5.41) is 4.08. The molecule has 7 atom stereocenters. The highest BCUT2D eigenvalue weighted by atomic mass is 16.2. The van der Waals surface area contributed by atoms with Crippen molar-refractivity contribution < 1.29 is 4.79 Å². The van der Waals surface area contributed by atoms with Crippen LogP contribution in [0.3, 0.4) is 0 Å². The van der Waals surface area contributed by atoms with E-state index >= 15 is 0 Å². The van der Waals surface area contributed by atoms with E-state index in [1.165, 1.54) is 51.4 Å². The number of fused-ring (bicyclic) bond motifs is 5. The average Bonchev–Trinajstić information content (AvgIpc) is 2.99. The van der Waals surface area contributed by atoms with Crippen molar-refractivity contribution in [3.63, 3.8) is 0 Å². The Labute approximate surface area is 167 Å². The molecule has 4 rings (SSSR count). The van der Waals surface area contributed by atoms with Gasteiger partial charge in [-0.25, -0.2) is 0 Å². The second-order valence-electron chi connectivity index (χ2n) is 10.8. The van der Waals surface area contributed by atoms with Gasteiger partial charge in [0.15, 0.2) is 0 Å². The second kappa shape index (κ2) is 7.04. The Morgan fingerprint density at radius 2 is 1.70 bits per heavy atom. The fourth-order valence-corrected chi connectivity index (χ4v) is 8.23. The van der Waals surface area contributed by atoms with E-state index in [0.717, 1.165) is 36.6 Å². The van der Waals surface area contributed by atoms with E-state index in [9.17, 15) is 4.79 Å². The van der Waals surface area contributed by atoms with Crippen molar-refractivity contribution in [2.24, 2.45) is 28.6 Å². The molecule has 0 radical (unpaired) electrons. The maximum atomic E-state index is 12.3. The quantitative estimate of drug-likeness (QED) is 0.751. The lowest BCUT2D eigenvalue weighted by Crippen LogP contribution is -2.62. The number of hydrogen-bond donors (Lipinski definition) is 1. The Kier molecular flexibility index (Phi) is 5.15. The van der Waals surface area contributed by atoms with E-state index < -0.39 is 0 Å². The van der Waals surface area contributed by atoms with Gasteiger partial charge in [-0.05, 0) is 86.4 Å². The molecule has 27 heavy (non-hydrogen) atoms. The third kappa shape index (κ3) is 2.90. The first-order valence-electron chi connectivity index (χ1n) is 11.9. The summed E-state index contributed by atoms with van der Waals surface area (Å²) < 4.78 is 0. The average molecular weight is 375 g/mol. The van der Waals surface area contributed by atoms with Crippen LogP contribution in [0.4, 0.5) is 0 Å². The first kappa shape index (κ1) is 19.7. The monoisotopic (exact) mass is 374 g/mol. The number of carbonyl (C=O) groups is 1. The van der Waals surface area contributed by atoms with Crippen LogP contribution in [0.1, 0.15) is 91.9 Å². The van der Waals surface area contributed by atoms with E-state index in [2.05, 4.69) is 45.0 Å². The summed E-state index contributed by atoms with van der Waals surface area (Å²) in [5.74, 6) is 2.99. The fourth-order valence-electron chi connectivity index (χ4n) is 8.23. The largest absolute Gasteiger partial charge is 0.342 e. The minimum Gasteiger partial charge on any atom is -0.342 e. The van der Waals surface area contributed by atoms with Gasteiger partial charge in [-0.2, -0.15) is 0 Å². The summed E-state index contributed by atoms with van der Waals surface area (Å²) in [5.41, 5.74) is 0.844. The number of nitrogens with zero attached hydrogens (tertiary/aromatic N) is 1. The van der Waals surface area contributed by atoms with Gasteiger partial charge in [-0.3, -0.25) is 4.79 Å². The number of hydrogen-bond acceptors (Lipinski definition) is 2. The van der Waals surface area contributed by atoms with Gasteiger partial charge in [0.2, 0.25) is 5.91 Å². The lowest BCUT2D eigenvalue weighted by Gasteiger charge is -2.62. The summed E-state index contributed by atoms with van der Waals surface area (Å²) in [6.45, 7) is 9.81. The highest BCUT2D eigenvalue weighted by Crippen LogP contribution is 2.64. The van der Waals surface area contributed by atoms with E-state index in [4.69, 9.17) is 0 Å². The van der Waals surface area contributed by atoms with Crippen LogP contribution in [-0.2, 0) is 4.79 Å². The number of likely N-dealkylation sites (tertiary alicyclic amines) is 1. The van der Waals surface area contributed by atoms with Gasteiger partial charge in [0.05, 0.1) is 0 Å². The van der Waals surface area contributed by atoms with E-state index in [-0.39, 0.29) is 0 Å². The van der Waals surface area contributed by atoms with Crippen molar-refractivity contribution in [1.82, 2.24) is 10.2 Å². The van der Waals surface area contributed by atoms with Crippen LogP contribution >= 0.6 is 0 Å². The smallest absolute Gasteiger partial charge is 0.222 e. The van der Waals surface area contributed by atoms with Gasteiger partial charge >= 0.3 is 0 Å². The summed E-state index contributed by atoms with van der Waals surface area (Å²) >= 11 is 0. The molecule has 0 aromatic carbocycles. The van der Waals surface area contributed by atoms with E-state index in [1.54, 1.807) is 0 Å². The fraction of sp³-hybridized carbons (Fsp3) is 0.958. The minimum absolute atomic E-state index is 0.355. The van der Waals surface area contributed by atoms with Crippen LogP contribution in [0.25, 0.3) is 0 Å². The molecule has 3 saturated carbocycles. The first-order valence-corrected chi connectivity index (χ1v) is 11.9. The zero-order chi connectivity index (χ0) is 19.4. The topological polar surface area (TPSA) is 32.3 Å². The predicted molar refractivity (Wildman–Crippen MR) is 111 cm³/mol. The number of rotatable bonds is 4. The van der Waals surface area contributed by atoms with Gasteiger partial charge in [-0.1, -0.05) is 27.7 Å². The molecule has 3 nitrogen and oxygen atoms in total. The molecule has 0 unspecified atom stereocenters. The molecule has 4 fully saturated rings. The molecule has 4 aliphatic rings. The van der Waals surface area contributed by atoms with Crippen molar-refractivity contribution >= 4 is 5.91 Å². The molecule has 1 N–H and O–H groups in total. The first-order chi connectivity index (χ1) is 12.8. The third-order valence-electron chi connectivity index (χ3n) is 9.98. The molecular formula is C24H42N2O. The second-order valence-corrected chi connectivity index (χ2v) is 10.8. The zero-order valence-electron chi connectivity index (χ0n) is 18.4. The summed E-state index contributed by atoms with van der Waals surface area (Å²) in [7, 11) is 2.07. The Bertz CT molecular complexity index is 573. The van der Waals surface area contributed by atoms with Crippen molar-refractivity contribution in [3.8, 4) is 0 Å². The van der Waals surface area contributed by atoms with Gasteiger partial charge in [0, 0.05) is 31.6 Å². The van der Waals surface area contributed by atoms with Crippen LogP contribution in [-0.4, -0.2) is 36.0 Å². The normalized spacial score (nSPS) is 47.0. The number of amides is 1. The Morgan fingerprint density at radius 1 is 1.00 bits per heavy atom. The number of carbonyl (C=O) groups excluding carboxylic acids is 1. The van der Waals surface area contributed by atoms with E-state index in [0.29, 0.717) is 28.8 Å². The highest BCUT2D eigenvalue weighted by Gasteiger charge is 2.61. The van der Waals surface area contributed by atoms with Crippen LogP contribution < -0.4 is 5.32 Å². The molecule has 3 heteroatoms. The minimum atomic E-state index is 0.355. The molecule has 1 amide bonds. The Balaban J connectivity index is 1.55. The Hall–Kier alpha value is -0.570. The van der Waals surface area contributed by atoms with Gasteiger partial charge in [0.25, 0.3) is 0 Å². The highest BCUT2D eigenvalue weighted by molar-refractivity contribution is 5.77. The van der Waals surface area contributed by atoms with Crippen molar-refractivity contribution in [2.45, 2.75) is 110 Å². The number of piperidine rings is 1. The molecule has 1 heterocycles. The van der Waals surface area contributed by atoms with Gasteiger partial charge < -0.3 is 10.2 Å². The molecule has 0 aromatic rings. The SMILES string of the molecule is CCC(CC)N[C@H]1CC[C@H]2[C@@H]3CC[C@H]4N(C)C(=O)CC[C@]4(C)[C@H]3CC[C@]12C. The van der Waals surface area contributed by atoms with Crippen molar-refractivity contribution in [1.29, 1.82) is 0 Å². The van der Waals surface area contributed by atoms with Gasteiger partial charge in [0.1, 0.15) is 0 Å². The molecule has 0 spiro atoms. The predicted octanol–water partition coefficient (Wildman–Crippen LogP) is 5.00. The van der Waals surface area contributed by atoms with Crippen LogP contribution in [0.15, 0.2) is 0 Å². The molecule has 0 aromatic heterocycles. The van der Waals surface area contributed by atoms with Gasteiger partial charge in [-0.15, -0.1) is 0 Å². The van der Waals surface area contributed by atoms with Crippen LogP contribution in [0.5, 0.6) is 0 Å². The van der Waals surface area contributed by atoms with E-state index in [1.807, 2.05) is 0 Å². The maximum Gasteiger partial charge on any atom is 0.222 e. The molecular weight excluding hydrogens is 332 g/mol. The molecule has 0 bridgehead atoms. The lowest BCUT2D eigenvalue weighted by atomic mass is 9.47. The molecule has 1 saturated heterocycles. The third-order valence-corrected chi connectivity index (χ3v) is 9.98. The van der Waals surface area contributed by atoms with Crippen molar-refractivity contribution in [2.75, 3.05) is 7.05 Å². The van der Waals surface area contributed by atoms with Crippen LogP contribution in [0, 0.1) is 28.6 Å². The summed E-state index contributed by atoms with van der Waals surface area (Å²) in [6, 6.07) is 1.90. The van der Waals surface area contributed by atoms with Crippen LogP contribution in [0.2, 0.25) is 0 Å². The molecule has 1 aliphatic heterocycles. The summed E-state index contributed by atoms with van der Waals surface area (Å²) in [6.07, 6.45) is 12.5. The van der Waals surface area contributed by atoms with Crippen molar-refractivity contribution in [3.05, 3.63) is 0 Å². The standard InChI is InChI=1S/C24H42N2O/c1-6-16(7-2)25-20-10-9-18-17-8-11-21-24(4,15-13-22(27)26(21)5)19(17)12-14-23(18,20)3/h16-21,25H,6-15H2,1-5H3/t17-,18-,19-,20-,21+,23-,24+/m0/s1. The molecule has 154 valence electrons. The number of nitrogens with one attached hydrogen (secondary N) is 1.